The van der Waals surface area contributed by atoms with Crippen molar-refractivity contribution in [2.45, 2.75) is 39.3 Å². The molecule has 0 aliphatic carbocycles. The van der Waals surface area contributed by atoms with Crippen molar-refractivity contribution in [1.82, 2.24) is 18.7 Å². The lowest BCUT2D eigenvalue weighted by Gasteiger charge is -2.11. The van der Waals surface area contributed by atoms with Gasteiger partial charge in [-0.1, -0.05) is 19.4 Å². The Morgan fingerprint density at radius 1 is 1.07 bits per heavy atom. The quantitative estimate of drug-likeness (QED) is 0.431. The molecule has 0 aliphatic heterocycles. The van der Waals surface area contributed by atoms with Crippen LogP contribution in [0, 0.1) is 0 Å². The average molecular weight is 429 g/mol. The minimum atomic E-state index is -0.207. The topological polar surface area (TPSA) is 79.8 Å². The van der Waals surface area contributed by atoms with E-state index in [9.17, 15) is 9.59 Å². The fourth-order valence-corrected chi connectivity index (χ4v) is 4.39. The molecule has 30 heavy (non-hydrogen) atoms. The molecule has 0 atom stereocenters. The number of aromatic nitrogens is 4. The van der Waals surface area contributed by atoms with E-state index in [1.165, 1.54) is 16.0 Å². The minimum absolute atomic E-state index is 0.124. The molecule has 0 radical (unpaired) electrons. The lowest BCUT2D eigenvalue weighted by atomic mass is 10.1. The summed E-state index contributed by atoms with van der Waals surface area (Å²) in [5, 5.41) is 6.34. The van der Waals surface area contributed by atoms with Gasteiger partial charge in [-0.05, 0) is 42.0 Å². The van der Waals surface area contributed by atoms with Gasteiger partial charge in [0.1, 0.15) is 4.70 Å². The van der Waals surface area contributed by atoms with E-state index in [2.05, 4.69) is 12.0 Å². The number of benzene rings is 1. The molecule has 0 bridgehead atoms. The summed E-state index contributed by atoms with van der Waals surface area (Å²) in [5.41, 5.74) is 1.29. The third kappa shape index (κ3) is 3.39. The van der Waals surface area contributed by atoms with Gasteiger partial charge in [0, 0.05) is 13.1 Å². The Kier molecular flexibility index (Phi) is 5.63. The molecule has 4 rings (SSSR count). The molecule has 0 amide bonds. The molecule has 8 nitrogen and oxygen atoms in total. The van der Waals surface area contributed by atoms with Crippen molar-refractivity contribution in [3.63, 3.8) is 0 Å². The standard InChI is InChI=1S/C21H24N4O4S/c1-4-5-10-24-21(27)25-15-9-12-30-18(15)19(26)23(20(25)22-24)11-8-14-6-7-16(28-2)17(13-14)29-3/h6-7,9,12-13H,4-5,8,10-11H2,1-3H3. The van der Waals surface area contributed by atoms with Crippen LogP contribution in [0.5, 0.6) is 11.5 Å². The molecule has 0 N–H and O–H groups in total. The second-order valence-electron chi connectivity index (χ2n) is 7.03. The van der Waals surface area contributed by atoms with Crippen molar-refractivity contribution in [3.05, 3.63) is 56.0 Å². The Morgan fingerprint density at radius 2 is 1.87 bits per heavy atom. The van der Waals surface area contributed by atoms with Crippen molar-refractivity contribution in [1.29, 1.82) is 0 Å². The van der Waals surface area contributed by atoms with Gasteiger partial charge in [-0.3, -0.25) is 9.36 Å². The monoisotopic (exact) mass is 428 g/mol. The Bertz CT molecular complexity index is 1310. The Morgan fingerprint density at radius 3 is 2.60 bits per heavy atom. The molecule has 158 valence electrons. The van der Waals surface area contributed by atoms with Gasteiger partial charge < -0.3 is 9.47 Å². The maximum absolute atomic E-state index is 13.1. The molecule has 3 aromatic heterocycles. The summed E-state index contributed by atoms with van der Waals surface area (Å²) >= 11 is 1.34. The summed E-state index contributed by atoms with van der Waals surface area (Å²) in [4.78, 5) is 26.1. The van der Waals surface area contributed by atoms with Crippen LogP contribution in [0.4, 0.5) is 0 Å². The van der Waals surface area contributed by atoms with Crippen LogP contribution in [-0.4, -0.2) is 33.0 Å². The molecule has 9 heteroatoms. The molecule has 0 aliphatic rings. The molecule has 1 aromatic carbocycles. The Hall–Kier alpha value is -3.07. The van der Waals surface area contributed by atoms with Gasteiger partial charge in [0.05, 0.1) is 19.7 Å². The smallest absolute Gasteiger partial charge is 0.352 e. The maximum Gasteiger partial charge on any atom is 0.352 e. The first-order valence-corrected chi connectivity index (χ1v) is 10.8. The van der Waals surface area contributed by atoms with Crippen LogP contribution in [0.15, 0.2) is 39.2 Å². The van der Waals surface area contributed by atoms with E-state index in [1.54, 1.807) is 29.3 Å². The molecular weight excluding hydrogens is 404 g/mol. The second-order valence-corrected chi connectivity index (χ2v) is 7.94. The number of rotatable bonds is 8. The molecule has 4 aromatic rings. The number of unbranched alkanes of at least 4 members (excludes halogenated alkanes) is 1. The molecule has 0 spiro atoms. The number of methoxy groups -OCH3 is 2. The highest BCUT2D eigenvalue weighted by atomic mass is 32.1. The first-order chi connectivity index (χ1) is 14.6. The highest BCUT2D eigenvalue weighted by molar-refractivity contribution is 7.17. The van der Waals surface area contributed by atoms with Crippen LogP contribution in [0.25, 0.3) is 16.0 Å². The largest absolute Gasteiger partial charge is 0.493 e. The number of fused-ring (bicyclic) bond motifs is 3. The van der Waals surface area contributed by atoms with Crippen molar-refractivity contribution in [2.24, 2.45) is 0 Å². The van der Waals surface area contributed by atoms with Crippen LogP contribution in [-0.2, 0) is 19.5 Å². The zero-order chi connectivity index (χ0) is 21.3. The number of hydrogen-bond acceptors (Lipinski definition) is 6. The normalized spacial score (nSPS) is 11.4. The highest BCUT2D eigenvalue weighted by Crippen LogP contribution is 2.28. The summed E-state index contributed by atoms with van der Waals surface area (Å²) in [6.45, 7) is 3.00. The summed E-state index contributed by atoms with van der Waals surface area (Å²) in [6, 6.07) is 7.50. The average Bonchev–Trinajstić information content (AvgIpc) is 3.37. The summed E-state index contributed by atoms with van der Waals surface area (Å²) < 4.78 is 15.8. The van der Waals surface area contributed by atoms with Gasteiger partial charge in [-0.25, -0.2) is 13.9 Å². The number of nitrogens with zero attached hydrogens (tertiary/aromatic N) is 4. The fraction of sp³-hybridized carbons (Fsp3) is 0.381. The predicted molar refractivity (Wildman–Crippen MR) is 117 cm³/mol. The number of aryl methyl sites for hydroxylation is 3. The lowest BCUT2D eigenvalue weighted by Crippen LogP contribution is -2.26. The van der Waals surface area contributed by atoms with Crippen molar-refractivity contribution < 1.29 is 9.47 Å². The molecule has 3 heterocycles. The zero-order valence-electron chi connectivity index (χ0n) is 17.3. The second kappa shape index (κ2) is 8.35. The molecular formula is C21H24N4O4S. The molecule has 0 saturated heterocycles. The van der Waals surface area contributed by atoms with E-state index in [0.29, 0.717) is 47.0 Å². The molecule has 0 fully saturated rings. The van der Waals surface area contributed by atoms with Crippen LogP contribution >= 0.6 is 11.3 Å². The first kappa shape index (κ1) is 20.2. The van der Waals surface area contributed by atoms with Gasteiger partial charge in [0.25, 0.3) is 5.56 Å². The van der Waals surface area contributed by atoms with E-state index in [1.807, 2.05) is 23.6 Å². The van der Waals surface area contributed by atoms with Gasteiger partial charge in [0.2, 0.25) is 5.78 Å². The van der Waals surface area contributed by atoms with E-state index in [0.717, 1.165) is 18.4 Å². The summed E-state index contributed by atoms with van der Waals surface area (Å²) in [7, 11) is 3.19. The number of ether oxygens (including phenoxy) is 2. The van der Waals surface area contributed by atoms with Crippen molar-refractivity contribution in [2.75, 3.05) is 14.2 Å². The van der Waals surface area contributed by atoms with E-state index < -0.39 is 0 Å². The number of thiophene rings is 1. The van der Waals surface area contributed by atoms with Crippen molar-refractivity contribution in [3.8, 4) is 11.5 Å². The van der Waals surface area contributed by atoms with E-state index in [-0.39, 0.29) is 11.2 Å². The van der Waals surface area contributed by atoms with Crippen molar-refractivity contribution >= 4 is 27.3 Å². The minimum Gasteiger partial charge on any atom is -0.493 e. The maximum atomic E-state index is 13.1. The van der Waals surface area contributed by atoms with E-state index in [4.69, 9.17) is 9.47 Å². The zero-order valence-corrected chi connectivity index (χ0v) is 18.1. The SMILES string of the molecule is CCCCn1nc2n(CCc3ccc(OC)c(OC)c3)c(=O)c3sccc3n2c1=O. The third-order valence-corrected chi connectivity index (χ3v) is 6.08. The van der Waals surface area contributed by atoms with Crippen LogP contribution < -0.4 is 20.7 Å². The van der Waals surface area contributed by atoms with Crippen LogP contribution in [0.3, 0.4) is 0 Å². The van der Waals surface area contributed by atoms with Gasteiger partial charge in [-0.2, -0.15) is 0 Å². The fourth-order valence-electron chi connectivity index (χ4n) is 3.57. The lowest BCUT2D eigenvalue weighted by molar-refractivity contribution is 0.354. The molecule has 0 unspecified atom stereocenters. The molecule has 0 saturated carbocycles. The number of hydrogen-bond donors (Lipinski definition) is 0. The third-order valence-electron chi connectivity index (χ3n) is 5.18. The Balaban J connectivity index is 1.79. The van der Waals surface area contributed by atoms with Crippen LogP contribution in [0.2, 0.25) is 0 Å². The highest BCUT2D eigenvalue weighted by Gasteiger charge is 2.18. The summed E-state index contributed by atoms with van der Waals surface area (Å²) in [5.74, 6) is 1.68. The van der Waals surface area contributed by atoms with E-state index >= 15 is 0 Å². The van der Waals surface area contributed by atoms with Crippen LogP contribution in [0.1, 0.15) is 25.3 Å². The van der Waals surface area contributed by atoms with Gasteiger partial charge >= 0.3 is 5.69 Å². The van der Waals surface area contributed by atoms with Gasteiger partial charge in [0.15, 0.2) is 11.5 Å². The summed E-state index contributed by atoms with van der Waals surface area (Å²) in [6.07, 6.45) is 2.40. The predicted octanol–water partition coefficient (Wildman–Crippen LogP) is 2.93. The first-order valence-electron chi connectivity index (χ1n) is 9.89. The van der Waals surface area contributed by atoms with Gasteiger partial charge in [-0.15, -0.1) is 16.4 Å². The Labute approximate surface area is 176 Å².